The number of nitrogens with zero attached hydrogens (tertiary/aromatic N) is 2. The van der Waals surface area contributed by atoms with Crippen LogP contribution >= 0.6 is 0 Å². The number of nitrogens with one attached hydrogen (secondary N) is 1. The van der Waals surface area contributed by atoms with Gasteiger partial charge in [0.25, 0.3) is 0 Å². The Morgan fingerprint density at radius 1 is 1.33 bits per heavy atom. The van der Waals surface area contributed by atoms with Crippen molar-refractivity contribution in [3.8, 4) is 0 Å². The minimum atomic E-state index is 0.815. The quantitative estimate of drug-likeness (QED) is 0.887. The molecule has 0 bridgehead atoms. The van der Waals surface area contributed by atoms with Gasteiger partial charge in [-0.15, -0.1) is 0 Å². The Balaban J connectivity index is 2.04. The average Bonchev–Trinajstić information content (AvgIpc) is 2.64. The van der Waals surface area contributed by atoms with E-state index in [1.54, 1.807) is 0 Å². The normalized spacial score (nSPS) is 20.9. The zero-order valence-electron chi connectivity index (χ0n) is 11.8. The number of hydrogen-bond donors (Lipinski definition) is 1. The molecule has 3 nitrogen and oxygen atoms in total. The van der Waals surface area contributed by atoms with Crippen LogP contribution in [0.25, 0.3) is 0 Å². The Hall–Kier alpha value is -1.25. The van der Waals surface area contributed by atoms with Gasteiger partial charge in [0.1, 0.15) is 5.82 Å². The lowest BCUT2D eigenvalue weighted by Crippen LogP contribution is -2.24. The molecule has 18 heavy (non-hydrogen) atoms. The van der Waals surface area contributed by atoms with Crippen molar-refractivity contribution in [1.29, 1.82) is 0 Å². The molecule has 1 aliphatic heterocycles. The van der Waals surface area contributed by atoms with Crippen LogP contribution in [0.3, 0.4) is 0 Å². The fourth-order valence-electron chi connectivity index (χ4n) is 2.80. The molecule has 1 aliphatic rings. The Morgan fingerprint density at radius 2 is 2.17 bits per heavy atom. The smallest absolute Gasteiger partial charge is 0.127 e. The van der Waals surface area contributed by atoms with Gasteiger partial charge in [0.2, 0.25) is 0 Å². The predicted molar refractivity (Wildman–Crippen MR) is 78.2 cm³/mol. The van der Waals surface area contributed by atoms with E-state index in [4.69, 9.17) is 0 Å². The van der Waals surface area contributed by atoms with Crippen molar-refractivity contribution in [1.82, 2.24) is 4.98 Å². The fraction of sp³-hybridized carbons (Fsp3) is 0.667. The zero-order valence-corrected chi connectivity index (χ0v) is 11.8. The van der Waals surface area contributed by atoms with Gasteiger partial charge in [-0.3, -0.25) is 0 Å². The Labute approximate surface area is 111 Å². The highest BCUT2D eigenvalue weighted by Gasteiger charge is 2.19. The van der Waals surface area contributed by atoms with Gasteiger partial charge in [-0.2, -0.15) is 0 Å². The van der Waals surface area contributed by atoms with Gasteiger partial charge in [-0.1, -0.05) is 13.8 Å². The lowest BCUT2D eigenvalue weighted by Gasteiger charge is -2.23. The molecule has 100 valence electrons. The summed E-state index contributed by atoms with van der Waals surface area (Å²) >= 11 is 0. The van der Waals surface area contributed by atoms with Gasteiger partial charge < -0.3 is 10.2 Å². The van der Waals surface area contributed by atoms with Crippen LogP contribution < -0.4 is 10.2 Å². The molecule has 1 aromatic heterocycles. The first-order valence-electron chi connectivity index (χ1n) is 7.09. The minimum Gasteiger partial charge on any atom is -0.373 e. The number of aromatic nitrogens is 1. The van der Waals surface area contributed by atoms with E-state index in [1.165, 1.54) is 38.0 Å². The van der Waals surface area contributed by atoms with Crippen LogP contribution in [0.5, 0.6) is 0 Å². The lowest BCUT2D eigenvalue weighted by molar-refractivity contribution is 0.351. The minimum absolute atomic E-state index is 0.815. The Kier molecular flexibility index (Phi) is 4.45. The molecule has 0 spiro atoms. The number of hydrogen-bond acceptors (Lipinski definition) is 3. The summed E-state index contributed by atoms with van der Waals surface area (Å²) < 4.78 is 0. The first-order chi connectivity index (χ1) is 8.70. The summed E-state index contributed by atoms with van der Waals surface area (Å²) in [5.74, 6) is 2.66. The van der Waals surface area contributed by atoms with Crippen LogP contribution in [0.4, 0.5) is 11.5 Å². The second-order valence-corrected chi connectivity index (χ2v) is 5.57. The van der Waals surface area contributed by atoms with Crippen molar-refractivity contribution >= 4 is 11.5 Å². The topological polar surface area (TPSA) is 28.2 Å². The van der Waals surface area contributed by atoms with Crippen LogP contribution in [0, 0.1) is 11.8 Å². The number of rotatable bonds is 3. The van der Waals surface area contributed by atoms with Gasteiger partial charge in [-0.25, -0.2) is 4.98 Å². The highest BCUT2D eigenvalue weighted by Crippen LogP contribution is 2.27. The molecule has 0 radical (unpaired) electrons. The standard InChI is InChI=1S/C15H25N3/c1-12(2)13-5-4-9-18(10-7-13)14-6-8-17-15(11-14)16-3/h6,8,11-13H,4-5,7,9-10H2,1-3H3,(H,16,17). The van der Waals surface area contributed by atoms with E-state index in [-0.39, 0.29) is 0 Å². The third kappa shape index (κ3) is 3.15. The van der Waals surface area contributed by atoms with Crippen molar-refractivity contribution in [3.63, 3.8) is 0 Å². The van der Waals surface area contributed by atoms with Crippen LogP contribution in [-0.4, -0.2) is 25.1 Å². The summed E-state index contributed by atoms with van der Waals surface area (Å²) in [6.07, 6.45) is 5.89. The molecule has 2 heterocycles. The first-order valence-corrected chi connectivity index (χ1v) is 7.09. The molecule has 1 atom stereocenters. The van der Waals surface area contributed by atoms with Crippen molar-refractivity contribution < 1.29 is 0 Å². The molecule has 1 N–H and O–H groups in total. The molecule has 1 unspecified atom stereocenters. The van der Waals surface area contributed by atoms with E-state index in [2.05, 4.69) is 41.2 Å². The molecule has 1 fully saturated rings. The largest absolute Gasteiger partial charge is 0.373 e. The maximum absolute atomic E-state index is 4.28. The van der Waals surface area contributed by atoms with Gasteiger partial charge in [0, 0.05) is 38.1 Å². The summed E-state index contributed by atoms with van der Waals surface area (Å²) in [5.41, 5.74) is 1.30. The van der Waals surface area contributed by atoms with E-state index in [1.807, 2.05) is 13.2 Å². The summed E-state index contributed by atoms with van der Waals surface area (Å²) in [5, 5.41) is 3.11. The van der Waals surface area contributed by atoms with Gasteiger partial charge >= 0.3 is 0 Å². The zero-order chi connectivity index (χ0) is 13.0. The predicted octanol–water partition coefficient (Wildman–Crippen LogP) is 3.39. The molecule has 1 aromatic rings. The molecule has 3 heteroatoms. The van der Waals surface area contributed by atoms with E-state index >= 15 is 0 Å². The van der Waals surface area contributed by atoms with Crippen LogP contribution in [-0.2, 0) is 0 Å². The van der Waals surface area contributed by atoms with Crippen LogP contribution in [0.1, 0.15) is 33.1 Å². The van der Waals surface area contributed by atoms with E-state index in [0.717, 1.165) is 17.7 Å². The lowest BCUT2D eigenvalue weighted by atomic mass is 9.89. The molecule has 1 saturated heterocycles. The highest BCUT2D eigenvalue weighted by molar-refractivity contribution is 5.53. The van der Waals surface area contributed by atoms with Crippen molar-refractivity contribution in [3.05, 3.63) is 18.3 Å². The molecule has 0 aromatic carbocycles. The second kappa shape index (κ2) is 6.07. The Morgan fingerprint density at radius 3 is 2.89 bits per heavy atom. The molecular formula is C15H25N3. The van der Waals surface area contributed by atoms with Gasteiger partial charge in [-0.05, 0) is 37.2 Å². The summed E-state index contributed by atoms with van der Waals surface area (Å²) in [7, 11) is 1.92. The maximum Gasteiger partial charge on any atom is 0.127 e. The number of pyridine rings is 1. The van der Waals surface area contributed by atoms with Crippen LogP contribution in [0.2, 0.25) is 0 Å². The third-order valence-electron chi connectivity index (χ3n) is 4.08. The van der Waals surface area contributed by atoms with Gasteiger partial charge in [0.15, 0.2) is 0 Å². The second-order valence-electron chi connectivity index (χ2n) is 5.57. The summed E-state index contributed by atoms with van der Waals surface area (Å²) in [6, 6.07) is 4.27. The summed E-state index contributed by atoms with van der Waals surface area (Å²) in [6.45, 7) is 7.06. The molecule has 2 rings (SSSR count). The highest BCUT2D eigenvalue weighted by atomic mass is 15.1. The summed E-state index contributed by atoms with van der Waals surface area (Å²) in [4.78, 5) is 6.79. The van der Waals surface area contributed by atoms with Crippen molar-refractivity contribution in [2.24, 2.45) is 11.8 Å². The molecule has 0 saturated carbocycles. The monoisotopic (exact) mass is 247 g/mol. The van der Waals surface area contributed by atoms with E-state index < -0.39 is 0 Å². The van der Waals surface area contributed by atoms with Crippen molar-refractivity contribution in [2.45, 2.75) is 33.1 Å². The molecular weight excluding hydrogens is 222 g/mol. The van der Waals surface area contributed by atoms with E-state index in [0.29, 0.717) is 0 Å². The Bertz CT molecular complexity index is 376. The maximum atomic E-state index is 4.28. The number of anilines is 2. The average molecular weight is 247 g/mol. The van der Waals surface area contributed by atoms with Crippen molar-refractivity contribution in [2.75, 3.05) is 30.4 Å². The molecule has 0 aliphatic carbocycles. The first kappa shape index (κ1) is 13.2. The third-order valence-corrected chi connectivity index (χ3v) is 4.08. The van der Waals surface area contributed by atoms with Crippen LogP contribution in [0.15, 0.2) is 18.3 Å². The van der Waals surface area contributed by atoms with Gasteiger partial charge in [0.05, 0.1) is 0 Å². The fourth-order valence-corrected chi connectivity index (χ4v) is 2.80. The molecule has 0 amide bonds. The SMILES string of the molecule is CNc1cc(N2CCCC(C(C)C)CC2)ccn1. The van der Waals surface area contributed by atoms with E-state index in [9.17, 15) is 0 Å².